The minimum Gasteiger partial charge on any atom is -0.497 e. The molecule has 5 nitrogen and oxygen atoms in total. The van der Waals surface area contributed by atoms with Crippen molar-refractivity contribution in [1.82, 2.24) is 10.2 Å². The molecule has 1 aliphatic rings. The monoisotopic (exact) mass is 338 g/mol. The molecular weight excluding hydrogens is 316 g/mol. The van der Waals surface area contributed by atoms with Crippen molar-refractivity contribution in [2.24, 2.45) is 0 Å². The highest BCUT2D eigenvalue weighted by Crippen LogP contribution is 2.34. The van der Waals surface area contributed by atoms with E-state index in [1.807, 2.05) is 50.2 Å². The summed E-state index contributed by atoms with van der Waals surface area (Å²) in [7, 11) is 1.59. The van der Waals surface area contributed by atoms with Crippen LogP contribution in [0.15, 0.2) is 48.5 Å². The molecule has 0 bridgehead atoms. The molecule has 5 heteroatoms. The minimum atomic E-state index is -1.02. The van der Waals surface area contributed by atoms with Gasteiger partial charge in [0.25, 0.3) is 5.91 Å². The van der Waals surface area contributed by atoms with Crippen LogP contribution in [0.3, 0.4) is 0 Å². The smallest absolute Gasteiger partial charge is 0.325 e. The number of nitrogens with one attached hydrogen (secondary N) is 1. The number of hydrogen-bond acceptors (Lipinski definition) is 3. The third-order valence-corrected chi connectivity index (χ3v) is 4.75. The normalized spacial score (nSPS) is 19.9. The van der Waals surface area contributed by atoms with Crippen molar-refractivity contribution in [3.63, 3.8) is 0 Å². The van der Waals surface area contributed by atoms with Crippen molar-refractivity contribution in [1.29, 1.82) is 0 Å². The maximum absolute atomic E-state index is 13.1. The number of methoxy groups -OCH3 is 1. The summed E-state index contributed by atoms with van der Waals surface area (Å²) in [5.74, 6) is 0.494. The molecule has 0 spiro atoms. The van der Waals surface area contributed by atoms with Gasteiger partial charge in [-0.2, -0.15) is 0 Å². The lowest BCUT2D eigenvalue weighted by Gasteiger charge is -2.26. The Morgan fingerprint density at radius 2 is 1.68 bits per heavy atom. The molecule has 1 heterocycles. The van der Waals surface area contributed by atoms with Crippen LogP contribution in [-0.2, 0) is 16.9 Å². The van der Waals surface area contributed by atoms with E-state index in [9.17, 15) is 9.59 Å². The van der Waals surface area contributed by atoms with Crippen LogP contribution in [0.1, 0.15) is 30.0 Å². The van der Waals surface area contributed by atoms with E-state index in [1.54, 1.807) is 19.2 Å². The number of aryl methyl sites for hydroxylation is 1. The molecule has 0 saturated carbocycles. The number of rotatable bonds is 5. The highest BCUT2D eigenvalue weighted by molar-refractivity contribution is 6.07. The van der Waals surface area contributed by atoms with Crippen LogP contribution in [0.5, 0.6) is 5.75 Å². The van der Waals surface area contributed by atoms with E-state index < -0.39 is 5.54 Å². The SMILES string of the molecule is CC[C@@]1(c2ccc(OC)cc2)NC(=O)N(Cc2ccc(C)cc2)C1=O. The van der Waals surface area contributed by atoms with E-state index >= 15 is 0 Å². The highest BCUT2D eigenvalue weighted by atomic mass is 16.5. The molecule has 1 atom stereocenters. The number of benzene rings is 2. The van der Waals surface area contributed by atoms with Crippen LogP contribution in [-0.4, -0.2) is 23.9 Å². The Morgan fingerprint density at radius 1 is 1.04 bits per heavy atom. The molecule has 0 radical (unpaired) electrons. The fourth-order valence-electron chi connectivity index (χ4n) is 3.16. The molecule has 2 aromatic rings. The van der Waals surface area contributed by atoms with Crippen LogP contribution in [0.4, 0.5) is 4.79 Å². The van der Waals surface area contributed by atoms with Crippen molar-refractivity contribution in [3.8, 4) is 5.75 Å². The first-order chi connectivity index (χ1) is 12.0. The zero-order valence-electron chi connectivity index (χ0n) is 14.7. The van der Waals surface area contributed by atoms with E-state index in [2.05, 4.69) is 5.32 Å². The number of amides is 3. The van der Waals surface area contributed by atoms with E-state index in [4.69, 9.17) is 4.74 Å². The van der Waals surface area contributed by atoms with Gasteiger partial charge in [-0.15, -0.1) is 0 Å². The van der Waals surface area contributed by atoms with Gasteiger partial charge in [-0.1, -0.05) is 48.9 Å². The molecule has 130 valence electrons. The fourth-order valence-corrected chi connectivity index (χ4v) is 3.16. The summed E-state index contributed by atoms with van der Waals surface area (Å²) in [5.41, 5.74) is 1.81. The van der Waals surface area contributed by atoms with Gasteiger partial charge in [0, 0.05) is 0 Å². The molecule has 1 saturated heterocycles. The van der Waals surface area contributed by atoms with Gasteiger partial charge in [-0.05, 0) is 36.6 Å². The summed E-state index contributed by atoms with van der Waals surface area (Å²) in [5, 5.41) is 2.90. The molecule has 1 fully saturated rings. The average Bonchev–Trinajstić information content (AvgIpc) is 2.88. The summed E-state index contributed by atoms with van der Waals surface area (Å²) in [4.78, 5) is 26.9. The van der Waals surface area contributed by atoms with Gasteiger partial charge < -0.3 is 10.1 Å². The fraction of sp³-hybridized carbons (Fsp3) is 0.300. The summed E-state index contributed by atoms with van der Waals surface area (Å²) in [6.45, 7) is 4.17. The second kappa shape index (κ2) is 6.59. The Balaban J connectivity index is 1.90. The van der Waals surface area contributed by atoms with Gasteiger partial charge in [0.1, 0.15) is 11.3 Å². The lowest BCUT2D eigenvalue weighted by Crippen LogP contribution is -2.43. The molecule has 2 aromatic carbocycles. The van der Waals surface area contributed by atoms with Gasteiger partial charge in [0.15, 0.2) is 0 Å². The van der Waals surface area contributed by atoms with E-state index in [0.29, 0.717) is 12.2 Å². The molecule has 25 heavy (non-hydrogen) atoms. The van der Waals surface area contributed by atoms with Crippen LogP contribution in [0.25, 0.3) is 0 Å². The number of hydrogen-bond donors (Lipinski definition) is 1. The summed E-state index contributed by atoms with van der Waals surface area (Å²) < 4.78 is 5.17. The van der Waals surface area contributed by atoms with Gasteiger partial charge in [0.05, 0.1) is 13.7 Å². The Labute approximate surface area is 147 Å². The van der Waals surface area contributed by atoms with Crippen LogP contribution in [0, 0.1) is 6.92 Å². The number of carbonyl (C=O) groups excluding carboxylic acids is 2. The molecule has 1 aliphatic heterocycles. The van der Waals surface area contributed by atoms with Crippen LogP contribution < -0.4 is 10.1 Å². The van der Waals surface area contributed by atoms with Crippen molar-refractivity contribution in [3.05, 3.63) is 65.2 Å². The van der Waals surface area contributed by atoms with Crippen LogP contribution in [0.2, 0.25) is 0 Å². The number of carbonyl (C=O) groups is 2. The maximum atomic E-state index is 13.1. The first kappa shape index (κ1) is 17.0. The number of urea groups is 1. The largest absolute Gasteiger partial charge is 0.497 e. The maximum Gasteiger partial charge on any atom is 0.325 e. The summed E-state index contributed by atoms with van der Waals surface area (Å²) in [6, 6.07) is 14.7. The second-order valence-corrected chi connectivity index (χ2v) is 6.29. The lowest BCUT2D eigenvalue weighted by atomic mass is 9.87. The Bertz CT molecular complexity index is 784. The van der Waals surface area contributed by atoms with Crippen LogP contribution >= 0.6 is 0 Å². The highest BCUT2D eigenvalue weighted by Gasteiger charge is 2.51. The standard InChI is InChI=1S/C20H22N2O3/c1-4-20(16-9-11-17(25-3)12-10-16)18(23)22(19(24)21-20)13-15-7-5-14(2)6-8-15/h5-12H,4,13H2,1-3H3,(H,21,24)/t20-/m0/s1. The zero-order valence-corrected chi connectivity index (χ0v) is 14.7. The van der Waals surface area contributed by atoms with E-state index in [1.165, 1.54) is 4.90 Å². The molecule has 3 amide bonds. The van der Waals surface area contributed by atoms with Crippen molar-refractivity contribution in [2.75, 3.05) is 7.11 Å². The number of imide groups is 1. The van der Waals surface area contributed by atoms with Crippen molar-refractivity contribution >= 4 is 11.9 Å². The van der Waals surface area contributed by atoms with Gasteiger partial charge in [-0.3, -0.25) is 9.69 Å². The molecule has 0 unspecified atom stereocenters. The molecular formula is C20H22N2O3. The number of nitrogens with zero attached hydrogens (tertiary/aromatic N) is 1. The van der Waals surface area contributed by atoms with E-state index in [-0.39, 0.29) is 18.5 Å². The first-order valence-corrected chi connectivity index (χ1v) is 8.34. The Morgan fingerprint density at radius 3 is 2.24 bits per heavy atom. The first-order valence-electron chi connectivity index (χ1n) is 8.34. The van der Waals surface area contributed by atoms with Gasteiger partial charge >= 0.3 is 6.03 Å². The minimum absolute atomic E-state index is 0.217. The van der Waals surface area contributed by atoms with Gasteiger partial charge in [0.2, 0.25) is 0 Å². The molecule has 1 N–H and O–H groups in total. The van der Waals surface area contributed by atoms with Gasteiger partial charge in [-0.25, -0.2) is 4.79 Å². The third kappa shape index (κ3) is 2.97. The number of ether oxygens (including phenoxy) is 1. The zero-order chi connectivity index (χ0) is 18.0. The Kier molecular flexibility index (Phi) is 4.49. The predicted octanol–water partition coefficient (Wildman–Crippen LogP) is 3.36. The predicted molar refractivity (Wildman–Crippen MR) is 95.2 cm³/mol. The molecule has 3 rings (SSSR count). The van der Waals surface area contributed by atoms with Crippen molar-refractivity contribution < 1.29 is 14.3 Å². The lowest BCUT2D eigenvalue weighted by molar-refractivity contribution is -0.132. The molecule has 0 aliphatic carbocycles. The second-order valence-electron chi connectivity index (χ2n) is 6.29. The van der Waals surface area contributed by atoms with Crippen molar-refractivity contribution in [2.45, 2.75) is 32.4 Å². The molecule has 0 aromatic heterocycles. The average molecular weight is 338 g/mol. The topological polar surface area (TPSA) is 58.6 Å². The summed E-state index contributed by atoms with van der Waals surface area (Å²) in [6.07, 6.45) is 0.480. The Hall–Kier alpha value is -2.82. The summed E-state index contributed by atoms with van der Waals surface area (Å²) >= 11 is 0. The third-order valence-electron chi connectivity index (χ3n) is 4.75. The van der Waals surface area contributed by atoms with E-state index in [0.717, 1.165) is 16.7 Å². The quantitative estimate of drug-likeness (QED) is 0.851.